The third-order valence-corrected chi connectivity index (χ3v) is 2.04. The molecule has 1 atom stereocenters. The van der Waals surface area contributed by atoms with E-state index >= 15 is 0 Å². The van der Waals surface area contributed by atoms with E-state index < -0.39 is 0 Å². The summed E-state index contributed by atoms with van der Waals surface area (Å²) in [6.45, 7) is 4.06. The molecule has 0 radical (unpaired) electrons. The first-order valence-electron chi connectivity index (χ1n) is 5.25. The highest BCUT2D eigenvalue weighted by Crippen LogP contribution is 2.02. The van der Waals surface area contributed by atoms with Gasteiger partial charge in [0.2, 0.25) is 0 Å². The maximum Gasteiger partial charge on any atom is 0.0540 e. The van der Waals surface area contributed by atoms with Crippen molar-refractivity contribution in [3.63, 3.8) is 0 Å². The van der Waals surface area contributed by atoms with Crippen molar-refractivity contribution in [1.29, 1.82) is 0 Å². The minimum atomic E-state index is -0.111. The molecule has 1 unspecified atom stereocenters. The van der Waals surface area contributed by atoms with Gasteiger partial charge in [0.1, 0.15) is 0 Å². The summed E-state index contributed by atoms with van der Waals surface area (Å²) in [6.07, 6.45) is 13.5. The summed E-state index contributed by atoms with van der Waals surface area (Å²) >= 11 is 0. The fraction of sp³-hybridized carbons (Fsp3) is 0.667. The Morgan fingerprint density at radius 2 is 1.69 bits per heavy atom. The Balaban J connectivity index is 3.21. The quantitative estimate of drug-likeness (QED) is 0.472. The van der Waals surface area contributed by atoms with Gasteiger partial charge in [-0.25, -0.2) is 0 Å². The van der Waals surface area contributed by atoms with Crippen LogP contribution in [0.1, 0.15) is 46.0 Å². The van der Waals surface area contributed by atoms with Crippen LogP contribution in [0.3, 0.4) is 0 Å². The standard InChI is InChI=1S/C12H22O/c1-3-5-6-7-8-9-10-11-12(13)4-2/h3,5,8-9,12-13H,4,6-7,10-11H2,1-2H3. The second-order valence-corrected chi connectivity index (χ2v) is 3.26. The maximum atomic E-state index is 9.25. The van der Waals surface area contributed by atoms with E-state index in [9.17, 15) is 5.11 Å². The number of hydrogen-bond acceptors (Lipinski definition) is 1. The lowest BCUT2D eigenvalue weighted by Gasteiger charge is -2.03. The SMILES string of the molecule is CC=CCCC=CCCC(O)CC. The third kappa shape index (κ3) is 9.35. The van der Waals surface area contributed by atoms with Gasteiger partial charge in [0.15, 0.2) is 0 Å². The predicted octanol–water partition coefficient (Wildman–Crippen LogP) is 3.45. The van der Waals surface area contributed by atoms with Crippen molar-refractivity contribution in [2.24, 2.45) is 0 Å². The third-order valence-electron chi connectivity index (χ3n) is 2.04. The Bertz CT molecular complexity index is 147. The van der Waals surface area contributed by atoms with Crippen LogP contribution in [-0.2, 0) is 0 Å². The molecule has 0 fully saturated rings. The summed E-state index contributed by atoms with van der Waals surface area (Å²) in [5.74, 6) is 0. The molecule has 0 heterocycles. The predicted molar refractivity (Wildman–Crippen MR) is 58.7 cm³/mol. The summed E-state index contributed by atoms with van der Waals surface area (Å²) in [5.41, 5.74) is 0. The summed E-state index contributed by atoms with van der Waals surface area (Å²) in [7, 11) is 0. The first kappa shape index (κ1) is 12.4. The van der Waals surface area contributed by atoms with E-state index in [0.29, 0.717) is 0 Å². The second-order valence-electron chi connectivity index (χ2n) is 3.26. The molecule has 1 heteroatoms. The molecule has 0 aliphatic carbocycles. The van der Waals surface area contributed by atoms with E-state index in [1.165, 1.54) is 0 Å². The lowest BCUT2D eigenvalue weighted by Crippen LogP contribution is -2.02. The van der Waals surface area contributed by atoms with Crippen LogP contribution in [-0.4, -0.2) is 11.2 Å². The molecule has 0 saturated heterocycles. The van der Waals surface area contributed by atoms with Crippen LogP contribution >= 0.6 is 0 Å². The van der Waals surface area contributed by atoms with E-state index in [4.69, 9.17) is 0 Å². The number of aliphatic hydroxyl groups excluding tert-OH is 1. The van der Waals surface area contributed by atoms with E-state index in [2.05, 4.69) is 24.3 Å². The van der Waals surface area contributed by atoms with Crippen molar-refractivity contribution in [3.05, 3.63) is 24.3 Å². The van der Waals surface area contributed by atoms with Crippen LogP contribution in [0.5, 0.6) is 0 Å². The number of unbranched alkanes of at least 4 members (excludes halogenated alkanes) is 1. The molecule has 0 aliphatic heterocycles. The van der Waals surface area contributed by atoms with Crippen LogP contribution in [0.2, 0.25) is 0 Å². The van der Waals surface area contributed by atoms with Crippen molar-refractivity contribution >= 4 is 0 Å². The van der Waals surface area contributed by atoms with Gasteiger partial charge in [-0.1, -0.05) is 31.2 Å². The number of rotatable bonds is 7. The normalized spacial score (nSPS) is 14.4. The average molecular weight is 182 g/mol. The fourth-order valence-corrected chi connectivity index (χ4v) is 1.09. The van der Waals surface area contributed by atoms with Gasteiger partial charge < -0.3 is 5.11 Å². The van der Waals surface area contributed by atoms with Crippen LogP contribution in [0.4, 0.5) is 0 Å². The van der Waals surface area contributed by atoms with Crippen molar-refractivity contribution < 1.29 is 5.11 Å². The minimum absolute atomic E-state index is 0.111. The largest absolute Gasteiger partial charge is 0.393 e. The summed E-state index contributed by atoms with van der Waals surface area (Å²) in [5, 5.41) is 9.25. The molecule has 0 spiro atoms. The highest BCUT2D eigenvalue weighted by atomic mass is 16.3. The molecule has 0 rings (SSSR count). The Kier molecular flexibility index (Phi) is 9.12. The zero-order valence-corrected chi connectivity index (χ0v) is 8.87. The van der Waals surface area contributed by atoms with E-state index in [-0.39, 0.29) is 6.10 Å². The van der Waals surface area contributed by atoms with Crippen LogP contribution in [0.25, 0.3) is 0 Å². The molecule has 0 aromatic carbocycles. The number of allylic oxidation sites excluding steroid dienone is 4. The number of hydrogen-bond donors (Lipinski definition) is 1. The summed E-state index contributed by atoms with van der Waals surface area (Å²) in [6, 6.07) is 0. The lowest BCUT2D eigenvalue weighted by atomic mass is 10.1. The van der Waals surface area contributed by atoms with Gasteiger partial charge in [-0.15, -0.1) is 0 Å². The highest BCUT2D eigenvalue weighted by molar-refractivity contribution is 4.86. The molecule has 0 bridgehead atoms. The molecular formula is C12H22O. The zero-order chi connectivity index (χ0) is 9.94. The molecule has 0 saturated carbocycles. The molecule has 13 heavy (non-hydrogen) atoms. The Morgan fingerprint density at radius 1 is 1.08 bits per heavy atom. The first-order valence-corrected chi connectivity index (χ1v) is 5.25. The Morgan fingerprint density at radius 3 is 2.31 bits per heavy atom. The van der Waals surface area contributed by atoms with Gasteiger partial charge in [-0.2, -0.15) is 0 Å². The second kappa shape index (κ2) is 9.53. The van der Waals surface area contributed by atoms with Gasteiger partial charge in [-0.3, -0.25) is 0 Å². The maximum absolute atomic E-state index is 9.25. The van der Waals surface area contributed by atoms with Crippen molar-refractivity contribution in [2.45, 2.75) is 52.1 Å². The van der Waals surface area contributed by atoms with Crippen molar-refractivity contribution in [3.8, 4) is 0 Å². The van der Waals surface area contributed by atoms with Crippen LogP contribution in [0.15, 0.2) is 24.3 Å². The lowest BCUT2D eigenvalue weighted by molar-refractivity contribution is 0.161. The Labute approximate surface area is 82.2 Å². The van der Waals surface area contributed by atoms with Crippen molar-refractivity contribution in [2.75, 3.05) is 0 Å². The van der Waals surface area contributed by atoms with Crippen LogP contribution < -0.4 is 0 Å². The molecule has 1 N–H and O–H groups in total. The molecule has 0 aromatic rings. The van der Waals surface area contributed by atoms with Gasteiger partial charge in [0.05, 0.1) is 6.10 Å². The van der Waals surface area contributed by atoms with E-state index in [1.807, 2.05) is 13.8 Å². The van der Waals surface area contributed by atoms with Crippen molar-refractivity contribution in [1.82, 2.24) is 0 Å². The van der Waals surface area contributed by atoms with Gasteiger partial charge in [-0.05, 0) is 39.0 Å². The molecule has 76 valence electrons. The summed E-state index contributed by atoms with van der Waals surface area (Å²) < 4.78 is 0. The average Bonchev–Trinajstić information content (AvgIpc) is 2.16. The zero-order valence-electron chi connectivity index (χ0n) is 8.87. The van der Waals surface area contributed by atoms with Gasteiger partial charge >= 0.3 is 0 Å². The fourth-order valence-electron chi connectivity index (χ4n) is 1.09. The minimum Gasteiger partial charge on any atom is -0.393 e. The molecule has 0 aliphatic rings. The highest BCUT2D eigenvalue weighted by Gasteiger charge is 1.96. The molecule has 0 amide bonds. The van der Waals surface area contributed by atoms with E-state index in [0.717, 1.165) is 32.1 Å². The number of aliphatic hydroxyl groups is 1. The Hall–Kier alpha value is -0.560. The van der Waals surface area contributed by atoms with Crippen LogP contribution in [0, 0.1) is 0 Å². The van der Waals surface area contributed by atoms with Gasteiger partial charge in [0, 0.05) is 0 Å². The first-order chi connectivity index (χ1) is 6.31. The van der Waals surface area contributed by atoms with Gasteiger partial charge in [0.25, 0.3) is 0 Å². The monoisotopic (exact) mass is 182 g/mol. The van der Waals surface area contributed by atoms with E-state index in [1.54, 1.807) is 0 Å². The summed E-state index contributed by atoms with van der Waals surface area (Å²) in [4.78, 5) is 0. The smallest absolute Gasteiger partial charge is 0.0540 e. The molecular weight excluding hydrogens is 160 g/mol. The molecule has 0 aromatic heterocycles. The molecule has 1 nitrogen and oxygen atoms in total. The topological polar surface area (TPSA) is 20.2 Å².